The smallest absolute Gasteiger partial charge is 0.255 e. The lowest BCUT2D eigenvalue weighted by atomic mass is 10.1. The third-order valence-corrected chi connectivity index (χ3v) is 4.63. The number of carbonyl (C=O) groups is 2. The van der Waals surface area contributed by atoms with E-state index in [4.69, 9.17) is 20.8 Å². The normalized spacial score (nSPS) is 12.4. The zero-order chi connectivity index (χ0) is 20.2. The van der Waals surface area contributed by atoms with E-state index in [-0.39, 0.29) is 25.0 Å². The number of fused-ring (bicyclic) bond motifs is 1. The molecule has 0 aliphatic carbocycles. The van der Waals surface area contributed by atoms with Crippen molar-refractivity contribution in [2.75, 3.05) is 11.9 Å². The van der Waals surface area contributed by atoms with Crippen molar-refractivity contribution >= 4 is 35.2 Å². The van der Waals surface area contributed by atoms with E-state index >= 15 is 0 Å². The molecule has 7 heteroatoms. The van der Waals surface area contributed by atoms with Crippen molar-refractivity contribution in [1.82, 2.24) is 5.32 Å². The van der Waals surface area contributed by atoms with Gasteiger partial charge in [-0.3, -0.25) is 9.59 Å². The minimum absolute atomic E-state index is 0.132. The fraction of sp³-hybridized carbons (Fsp3) is 0.0909. The van der Waals surface area contributed by atoms with E-state index < -0.39 is 0 Å². The number of halogens is 1. The highest BCUT2D eigenvalue weighted by Gasteiger charge is 2.20. The van der Waals surface area contributed by atoms with Gasteiger partial charge in [-0.05, 0) is 48.5 Å². The molecule has 3 aromatic rings. The summed E-state index contributed by atoms with van der Waals surface area (Å²) < 4.78 is 10.8. The molecule has 146 valence electrons. The van der Waals surface area contributed by atoms with Crippen LogP contribution in [0.25, 0.3) is 6.08 Å². The van der Waals surface area contributed by atoms with Crippen LogP contribution in [0.3, 0.4) is 0 Å². The van der Waals surface area contributed by atoms with Crippen LogP contribution in [0.4, 0.5) is 5.69 Å². The molecule has 0 bridgehead atoms. The Morgan fingerprint density at radius 3 is 2.72 bits per heavy atom. The number of anilines is 1. The fourth-order valence-electron chi connectivity index (χ4n) is 2.95. The SMILES string of the molecule is O=C(Nc1ccccc1C(=O)NCc1ccco1)C1=Cc2cc(Cl)ccc2OC1. The second-order valence-electron chi connectivity index (χ2n) is 6.40. The first-order chi connectivity index (χ1) is 14.1. The van der Waals surface area contributed by atoms with Crippen LogP contribution in [0.1, 0.15) is 21.7 Å². The largest absolute Gasteiger partial charge is 0.488 e. The molecule has 29 heavy (non-hydrogen) atoms. The van der Waals surface area contributed by atoms with Gasteiger partial charge in [-0.2, -0.15) is 0 Å². The summed E-state index contributed by atoms with van der Waals surface area (Å²) in [5.41, 5.74) is 1.93. The van der Waals surface area contributed by atoms with E-state index in [1.807, 2.05) is 0 Å². The van der Waals surface area contributed by atoms with E-state index in [0.717, 1.165) is 5.56 Å². The van der Waals surface area contributed by atoms with Crippen LogP contribution >= 0.6 is 11.6 Å². The highest BCUT2D eigenvalue weighted by Crippen LogP contribution is 2.29. The highest BCUT2D eigenvalue weighted by atomic mass is 35.5. The van der Waals surface area contributed by atoms with Crippen LogP contribution in [-0.2, 0) is 11.3 Å². The van der Waals surface area contributed by atoms with E-state index in [0.29, 0.717) is 33.4 Å². The van der Waals surface area contributed by atoms with Gasteiger partial charge in [0.25, 0.3) is 11.8 Å². The molecule has 0 fully saturated rings. The lowest BCUT2D eigenvalue weighted by Gasteiger charge is -2.18. The van der Waals surface area contributed by atoms with Gasteiger partial charge in [0.1, 0.15) is 18.1 Å². The molecule has 0 radical (unpaired) electrons. The number of furan rings is 1. The van der Waals surface area contributed by atoms with E-state index in [9.17, 15) is 9.59 Å². The lowest BCUT2D eigenvalue weighted by Crippen LogP contribution is -2.26. The van der Waals surface area contributed by atoms with E-state index in [2.05, 4.69) is 10.6 Å². The quantitative estimate of drug-likeness (QED) is 0.660. The Morgan fingerprint density at radius 1 is 1.03 bits per heavy atom. The van der Waals surface area contributed by atoms with Crippen molar-refractivity contribution in [3.05, 3.63) is 88.3 Å². The number of amides is 2. The summed E-state index contributed by atoms with van der Waals surface area (Å²) in [7, 11) is 0. The van der Waals surface area contributed by atoms with Crippen LogP contribution in [0.2, 0.25) is 5.02 Å². The Balaban J connectivity index is 1.49. The molecule has 0 saturated carbocycles. The summed E-state index contributed by atoms with van der Waals surface area (Å²) in [6, 6.07) is 15.6. The monoisotopic (exact) mass is 408 g/mol. The second kappa shape index (κ2) is 8.24. The average molecular weight is 409 g/mol. The van der Waals surface area contributed by atoms with Gasteiger partial charge < -0.3 is 19.8 Å². The van der Waals surface area contributed by atoms with Gasteiger partial charge in [0, 0.05) is 10.6 Å². The predicted molar refractivity (Wildman–Crippen MR) is 110 cm³/mol. The van der Waals surface area contributed by atoms with Crippen molar-refractivity contribution in [3.8, 4) is 5.75 Å². The molecule has 0 saturated heterocycles. The summed E-state index contributed by atoms with van der Waals surface area (Å²) in [6.45, 7) is 0.387. The summed E-state index contributed by atoms with van der Waals surface area (Å²) >= 11 is 6.02. The molecule has 0 unspecified atom stereocenters. The van der Waals surface area contributed by atoms with E-state index in [1.54, 1.807) is 66.9 Å². The molecule has 2 amide bonds. The first-order valence-corrected chi connectivity index (χ1v) is 9.32. The molecule has 6 nitrogen and oxygen atoms in total. The van der Waals surface area contributed by atoms with Crippen LogP contribution in [0.15, 0.2) is 70.9 Å². The maximum atomic E-state index is 12.7. The number of benzene rings is 2. The molecule has 2 N–H and O–H groups in total. The van der Waals surface area contributed by atoms with Crippen molar-refractivity contribution in [1.29, 1.82) is 0 Å². The summed E-state index contributed by atoms with van der Waals surface area (Å²) in [5, 5.41) is 6.13. The number of hydrogen-bond donors (Lipinski definition) is 2. The van der Waals surface area contributed by atoms with Crippen LogP contribution in [-0.4, -0.2) is 18.4 Å². The van der Waals surface area contributed by atoms with Gasteiger partial charge in [0.15, 0.2) is 0 Å². The second-order valence-corrected chi connectivity index (χ2v) is 6.84. The number of carbonyl (C=O) groups excluding carboxylic acids is 2. The Kier molecular flexibility index (Phi) is 5.35. The summed E-state index contributed by atoms with van der Waals surface area (Å²) in [5.74, 6) is 0.649. The van der Waals surface area contributed by atoms with Crippen LogP contribution < -0.4 is 15.4 Å². The van der Waals surface area contributed by atoms with Gasteiger partial charge in [-0.15, -0.1) is 0 Å². The van der Waals surface area contributed by atoms with Crippen LogP contribution in [0, 0.1) is 0 Å². The molecule has 2 aromatic carbocycles. The third-order valence-electron chi connectivity index (χ3n) is 4.40. The fourth-order valence-corrected chi connectivity index (χ4v) is 3.13. The maximum absolute atomic E-state index is 12.7. The Morgan fingerprint density at radius 2 is 1.90 bits per heavy atom. The zero-order valence-corrected chi connectivity index (χ0v) is 16.0. The summed E-state index contributed by atoms with van der Waals surface area (Å²) in [4.78, 5) is 25.3. The average Bonchev–Trinajstić information content (AvgIpc) is 3.25. The standard InChI is InChI=1S/C22H17ClN2O4/c23-16-7-8-20-14(11-16)10-15(13-29-20)21(26)25-19-6-2-1-5-18(19)22(27)24-12-17-4-3-9-28-17/h1-11H,12-13H2,(H,24,27)(H,25,26). The number of para-hydroxylation sites is 1. The van der Waals surface area contributed by atoms with Crippen LogP contribution in [0.5, 0.6) is 5.75 Å². The Hall–Kier alpha value is -3.51. The van der Waals surface area contributed by atoms with Gasteiger partial charge in [0.2, 0.25) is 0 Å². The topological polar surface area (TPSA) is 80.6 Å². The van der Waals surface area contributed by atoms with Gasteiger partial charge in [-0.25, -0.2) is 0 Å². The van der Waals surface area contributed by atoms with E-state index in [1.165, 1.54) is 0 Å². The molecule has 2 heterocycles. The highest BCUT2D eigenvalue weighted by molar-refractivity contribution is 6.30. The molecule has 4 rings (SSSR count). The first kappa shape index (κ1) is 18.8. The number of ether oxygens (including phenoxy) is 1. The number of rotatable bonds is 5. The van der Waals surface area contributed by atoms with Crippen molar-refractivity contribution < 1.29 is 18.7 Å². The van der Waals surface area contributed by atoms with Crippen molar-refractivity contribution in [2.45, 2.75) is 6.54 Å². The summed E-state index contributed by atoms with van der Waals surface area (Å²) in [6.07, 6.45) is 3.28. The molecule has 1 aliphatic heterocycles. The van der Waals surface area contributed by atoms with Crippen molar-refractivity contribution in [2.24, 2.45) is 0 Å². The number of hydrogen-bond acceptors (Lipinski definition) is 4. The predicted octanol–water partition coefficient (Wildman–Crippen LogP) is 4.28. The van der Waals surface area contributed by atoms with Gasteiger partial charge >= 0.3 is 0 Å². The Bertz CT molecular complexity index is 1090. The van der Waals surface area contributed by atoms with Crippen molar-refractivity contribution in [3.63, 3.8) is 0 Å². The molecule has 1 aromatic heterocycles. The minimum Gasteiger partial charge on any atom is -0.488 e. The molecule has 0 spiro atoms. The Labute approximate surface area is 172 Å². The third kappa shape index (κ3) is 4.33. The first-order valence-electron chi connectivity index (χ1n) is 8.94. The molecule has 0 atom stereocenters. The maximum Gasteiger partial charge on any atom is 0.255 e. The molecule has 1 aliphatic rings. The lowest BCUT2D eigenvalue weighted by molar-refractivity contribution is -0.113. The van der Waals surface area contributed by atoms with Gasteiger partial charge in [-0.1, -0.05) is 23.7 Å². The molecular weight excluding hydrogens is 392 g/mol. The minimum atomic E-state index is -0.345. The zero-order valence-electron chi connectivity index (χ0n) is 15.3. The molecular formula is C22H17ClN2O4. The van der Waals surface area contributed by atoms with Gasteiger partial charge in [0.05, 0.1) is 29.6 Å². The number of nitrogens with one attached hydrogen (secondary N) is 2.